The number of ether oxygens (including phenoxy) is 3. The highest BCUT2D eigenvalue weighted by molar-refractivity contribution is 5.15. The standard InChI is InChI=1S/C21H26O3/c1-21(2)23-16-20(22-15-18-11-7-4-8-12-18)19(24-21)14-13-17-9-5-3-6-10-17/h3-12,19-20H,13-16H2,1-2H3/t19-,20+/m0/s1. The van der Waals surface area contributed by atoms with Crippen LogP contribution in [-0.4, -0.2) is 24.6 Å². The zero-order chi connectivity index (χ0) is 16.8. The Hall–Kier alpha value is -1.68. The van der Waals surface area contributed by atoms with Gasteiger partial charge in [0.25, 0.3) is 0 Å². The highest BCUT2D eigenvalue weighted by Crippen LogP contribution is 2.27. The summed E-state index contributed by atoms with van der Waals surface area (Å²) in [6.07, 6.45) is 1.91. The number of rotatable bonds is 6. The van der Waals surface area contributed by atoms with Crippen molar-refractivity contribution in [3.8, 4) is 0 Å². The molecule has 3 heteroatoms. The third-order valence-electron chi connectivity index (χ3n) is 4.31. The second-order valence-electron chi connectivity index (χ2n) is 6.73. The lowest BCUT2D eigenvalue weighted by Crippen LogP contribution is -2.49. The summed E-state index contributed by atoms with van der Waals surface area (Å²) in [7, 11) is 0. The van der Waals surface area contributed by atoms with Crippen LogP contribution in [0, 0.1) is 0 Å². The van der Waals surface area contributed by atoms with E-state index in [2.05, 4.69) is 36.4 Å². The fourth-order valence-corrected chi connectivity index (χ4v) is 3.00. The molecule has 1 aliphatic rings. The molecule has 1 saturated heterocycles. The van der Waals surface area contributed by atoms with Crippen LogP contribution in [0.4, 0.5) is 0 Å². The van der Waals surface area contributed by atoms with Gasteiger partial charge in [0.05, 0.1) is 19.3 Å². The van der Waals surface area contributed by atoms with Crippen molar-refractivity contribution in [2.24, 2.45) is 0 Å². The van der Waals surface area contributed by atoms with E-state index in [0.29, 0.717) is 13.2 Å². The highest BCUT2D eigenvalue weighted by atomic mass is 16.7. The molecule has 0 saturated carbocycles. The molecule has 1 heterocycles. The Morgan fingerprint density at radius 1 is 0.958 bits per heavy atom. The third-order valence-corrected chi connectivity index (χ3v) is 4.31. The largest absolute Gasteiger partial charge is 0.368 e. The molecule has 0 aliphatic carbocycles. The predicted molar refractivity (Wildman–Crippen MR) is 94.7 cm³/mol. The van der Waals surface area contributed by atoms with Crippen molar-refractivity contribution in [3.63, 3.8) is 0 Å². The molecule has 0 amide bonds. The average molecular weight is 326 g/mol. The molecule has 1 aliphatic heterocycles. The van der Waals surface area contributed by atoms with Gasteiger partial charge >= 0.3 is 0 Å². The van der Waals surface area contributed by atoms with Gasteiger partial charge in [-0.05, 0) is 37.8 Å². The van der Waals surface area contributed by atoms with E-state index in [4.69, 9.17) is 14.2 Å². The Labute approximate surface area is 144 Å². The first-order valence-corrected chi connectivity index (χ1v) is 8.64. The van der Waals surface area contributed by atoms with Gasteiger partial charge in [0.1, 0.15) is 6.10 Å². The number of benzene rings is 2. The van der Waals surface area contributed by atoms with E-state index in [0.717, 1.165) is 12.8 Å². The van der Waals surface area contributed by atoms with Crippen LogP contribution in [0.25, 0.3) is 0 Å². The Bertz CT molecular complexity index is 609. The Balaban J connectivity index is 1.60. The van der Waals surface area contributed by atoms with E-state index >= 15 is 0 Å². The molecule has 2 aromatic rings. The van der Waals surface area contributed by atoms with Gasteiger partial charge in [0, 0.05) is 0 Å². The summed E-state index contributed by atoms with van der Waals surface area (Å²) >= 11 is 0. The summed E-state index contributed by atoms with van der Waals surface area (Å²) in [5.74, 6) is -0.548. The summed E-state index contributed by atoms with van der Waals surface area (Å²) in [5.41, 5.74) is 2.50. The van der Waals surface area contributed by atoms with Gasteiger partial charge in [0.2, 0.25) is 0 Å². The van der Waals surface area contributed by atoms with Crippen molar-refractivity contribution in [1.82, 2.24) is 0 Å². The molecule has 2 aromatic carbocycles. The molecule has 3 rings (SSSR count). The topological polar surface area (TPSA) is 27.7 Å². The first kappa shape index (κ1) is 17.2. The molecule has 0 bridgehead atoms. The molecule has 0 radical (unpaired) electrons. The van der Waals surface area contributed by atoms with Crippen LogP contribution in [0.5, 0.6) is 0 Å². The molecule has 128 valence electrons. The zero-order valence-corrected chi connectivity index (χ0v) is 14.5. The Kier molecular flexibility index (Phi) is 5.67. The molecule has 3 nitrogen and oxygen atoms in total. The highest BCUT2D eigenvalue weighted by Gasteiger charge is 2.36. The lowest BCUT2D eigenvalue weighted by atomic mass is 10.0. The second-order valence-corrected chi connectivity index (χ2v) is 6.73. The number of hydrogen-bond acceptors (Lipinski definition) is 3. The fourth-order valence-electron chi connectivity index (χ4n) is 3.00. The van der Waals surface area contributed by atoms with Crippen molar-refractivity contribution < 1.29 is 14.2 Å². The summed E-state index contributed by atoms with van der Waals surface area (Å²) in [6.45, 7) is 5.09. The van der Waals surface area contributed by atoms with Crippen molar-refractivity contribution >= 4 is 0 Å². The Morgan fingerprint density at radius 2 is 1.58 bits per heavy atom. The van der Waals surface area contributed by atoms with Crippen molar-refractivity contribution in [2.75, 3.05) is 6.61 Å². The SMILES string of the molecule is CC1(C)OC[C@@H](OCc2ccccc2)[C@H](CCc2ccccc2)O1. The molecular weight excluding hydrogens is 300 g/mol. The summed E-state index contributed by atoms with van der Waals surface area (Å²) < 4.78 is 18.1. The lowest BCUT2D eigenvalue weighted by Gasteiger charge is -2.41. The van der Waals surface area contributed by atoms with E-state index in [1.54, 1.807) is 0 Å². The van der Waals surface area contributed by atoms with Crippen LogP contribution >= 0.6 is 0 Å². The quantitative estimate of drug-likeness (QED) is 0.789. The average Bonchev–Trinajstić information content (AvgIpc) is 2.60. The molecule has 0 unspecified atom stereocenters. The molecule has 1 fully saturated rings. The van der Waals surface area contributed by atoms with Gasteiger partial charge in [0.15, 0.2) is 5.79 Å². The van der Waals surface area contributed by atoms with E-state index in [1.165, 1.54) is 11.1 Å². The van der Waals surface area contributed by atoms with Crippen molar-refractivity contribution in [1.29, 1.82) is 0 Å². The zero-order valence-electron chi connectivity index (χ0n) is 14.5. The molecule has 2 atom stereocenters. The summed E-state index contributed by atoms with van der Waals surface area (Å²) in [6, 6.07) is 20.7. The molecule has 0 N–H and O–H groups in total. The first-order valence-electron chi connectivity index (χ1n) is 8.64. The van der Waals surface area contributed by atoms with Gasteiger partial charge in [-0.15, -0.1) is 0 Å². The maximum absolute atomic E-state index is 6.15. The van der Waals surface area contributed by atoms with Crippen molar-refractivity contribution in [2.45, 2.75) is 51.3 Å². The maximum atomic E-state index is 6.15. The lowest BCUT2D eigenvalue weighted by molar-refractivity contribution is -0.312. The minimum absolute atomic E-state index is 0.0395. The number of aryl methyl sites for hydroxylation is 1. The smallest absolute Gasteiger partial charge is 0.163 e. The van der Waals surface area contributed by atoms with Gasteiger partial charge in [-0.2, -0.15) is 0 Å². The summed E-state index contributed by atoms with van der Waals surface area (Å²) in [5, 5.41) is 0. The normalized spacial score (nSPS) is 23.1. The van der Waals surface area contributed by atoms with Crippen LogP contribution in [0.3, 0.4) is 0 Å². The molecular formula is C21H26O3. The minimum atomic E-state index is -0.548. The molecule has 0 aromatic heterocycles. The second kappa shape index (κ2) is 7.93. The number of hydrogen-bond donors (Lipinski definition) is 0. The van der Waals surface area contributed by atoms with Gasteiger partial charge in [-0.3, -0.25) is 0 Å². The van der Waals surface area contributed by atoms with Crippen LogP contribution < -0.4 is 0 Å². The van der Waals surface area contributed by atoms with Crippen LogP contribution in [0.15, 0.2) is 60.7 Å². The van der Waals surface area contributed by atoms with Gasteiger partial charge in [-0.25, -0.2) is 0 Å². The summed E-state index contributed by atoms with van der Waals surface area (Å²) in [4.78, 5) is 0. The Morgan fingerprint density at radius 3 is 2.25 bits per heavy atom. The van der Waals surface area contributed by atoms with E-state index < -0.39 is 5.79 Å². The van der Waals surface area contributed by atoms with Gasteiger partial charge in [-0.1, -0.05) is 60.7 Å². The van der Waals surface area contributed by atoms with Crippen LogP contribution in [-0.2, 0) is 27.2 Å². The third kappa shape index (κ3) is 4.91. The predicted octanol–water partition coefficient (Wildman–Crippen LogP) is 4.36. The van der Waals surface area contributed by atoms with Crippen molar-refractivity contribution in [3.05, 3.63) is 71.8 Å². The van der Waals surface area contributed by atoms with Crippen LogP contribution in [0.1, 0.15) is 31.4 Å². The maximum Gasteiger partial charge on any atom is 0.163 e. The molecule has 0 spiro atoms. The van der Waals surface area contributed by atoms with E-state index in [9.17, 15) is 0 Å². The first-order chi connectivity index (χ1) is 11.6. The minimum Gasteiger partial charge on any atom is -0.368 e. The molecule has 24 heavy (non-hydrogen) atoms. The van der Waals surface area contributed by atoms with Gasteiger partial charge < -0.3 is 14.2 Å². The van der Waals surface area contributed by atoms with E-state index in [1.807, 2.05) is 38.1 Å². The monoisotopic (exact) mass is 326 g/mol. The van der Waals surface area contributed by atoms with Crippen LogP contribution in [0.2, 0.25) is 0 Å². The van der Waals surface area contributed by atoms with E-state index in [-0.39, 0.29) is 12.2 Å². The fraction of sp³-hybridized carbons (Fsp3) is 0.429.